The molecule has 2 aliphatic rings. The second kappa shape index (κ2) is 7.32. The van der Waals surface area contributed by atoms with Gasteiger partial charge in [0.25, 0.3) is 0 Å². The molecule has 0 bridgehead atoms. The van der Waals surface area contributed by atoms with Crippen LogP contribution in [0.5, 0.6) is 0 Å². The molecule has 2 rings (SSSR count). The molecule has 1 saturated heterocycles. The van der Waals surface area contributed by atoms with E-state index >= 15 is 0 Å². The van der Waals surface area contributed by atoms with Gasteiger partial charge < -0.3 is 15.3 Å². The van der Waals surface area contributed by atoms with Crippen molar-refractivity contribution >= 4 is 17.8 Å². The number of carbonyl (C=O) groups excluding carboxylic acids is 2. The van der Waals surface area contributed by atoms with Crippen LogP contribution in [0, 0.1) is 17.3 Å². The van der Waals surface area contributed by atoms with E-state index in [2.05, 4.69) is 5.32 Å². The fourth-order valence-electron chi connectivity index (χ4n) is 3.43. The molecule has 6 nitrogen and oxygen atoms in total. The summed E-state index contributed by atoms with van der Waals surface area (Å²) in [5, 5.41) is 11.9. The topological polar surface area (TPSA) is 86.7 Å². The third-order valence-electron chi connectivity index (χ3n) is 5.12. The van der Waals surface area contributed by atoms with Crippen molar-refractivity contribution in [2.75, 3.05) is 19.6 Å². The molecule has 0 radical (unpaired) electrons. The first kappa shape index (κ1) is 17.8. The molecule has 2 atom stereocenters. The lowest BCUT2D eigenvalue weighted by Crippen LogP contribution is -2.47. The Kier molecular flexibility index (Phi) is 5.65. The van der Waals surface area contributed by atoms with Gasteiger partial charge in [0.1, 0.15) is 0 Å². The van der Waals surface area contributed by atoms with Crippen LogP contribution in [0.15, 0.2) is 0 Å². The van der Waals surface area contributed by atoms with Crippen LogP contribution in [0.3, 0.4) is 0 Å². The quantitative estimate of drug-likeness (QED) is 0.805. The molecule has 130 valence electrons. The fourth-order valence-corrected chi connectivity index (χ4v) is 3.43. The highest BCUT2D eigenvalue weighted by Crippen LogP contribution is 2.32. The summed E-state index contributed by atoms with van der Waals surface area (Å²) in [6.07, 6.45) is 5.49. The van der Waals surface area contributed by atoms with Crippen LogP contribution in [0.25, 0.3) is 0 Å². The van der Waals surface area contributed by atoms with E-state index in [1.54, 1.807) is 13.8 Å². The van der Waals surface area contributed by atoms with E-state index in [9.17, 15) is 14.4 Å². The molecule has 23 heavy (non-hydrogen) atoms. The lowest BCUT2D eigenvalue weighted by atomic mass is 9.77. The highest BCUT2D eigenvalue weighted by Gasteiger charge is 2.39. The van der Waals surface area contributed by atoms with E-state index in [-0.39, 0.29) is 30.2 Å². The summed E-state index contributed by atoms with van der Waals surface area (Å²) >= 11 is 0. The summed E-state index contributed by atoms with van der Waals surface area (Å²) < 4.78 is 0. The van der Waals surface area contributed by atoms with E-state index in [0.717, 1.165) is 45.2 Å². The Labute approximate surface area is 137 Å². The van der Waals surface area contributed by atoms with Crippen molar-refractivity contribution in [3.05, 3.63) is 0 Å². The smallest absolute Gasteiger partial charge is 0.310 e. The summed E-state index contributed by atoms with van der Waals surface area (Å²) in [6, 6.07) is 0. The van der Waals surface area contributed by atoms with Crippen molar-refractivity contribution < 1.29 is 19.5 Å². The molecule has 0 aromatic rings. The molecule has 2 N–H and O–H groups in total. The van der Waals surface area contributed by atoms with Crippen molar-refractivity contribution in [2.45, 2.75) is 52.4 Å². The lowest BCUT2D eigenvalue weighted by molar-refractivity contribution is -0.148. The molecule has 6 heteroatoms. The Hall–Kier alpha value is -1.59. The Bertz CT molecular complexity index is 469. The van der Waals surface area contributed by atoms with Crippen molar-refractivity contribution in [1.29, 1.82) is 0 Å². The van der Waals surface area contributed by atoms with Crippen LogP contribution in [0.1, 0.15) is 52.4 Å². The van der Waals surface area contributed by atoms with Crippen LogP contribution < -0.4 is 5.32 Å². The molecule has 2 unspecified atom stereocenters. The molecule has 0 spiro atoms. The van der Waals surface area contributed by atoms with Crippen molar-refractivity contribution in [1.82, 2.24) is 10.2 Å². The van der Waals surface area contributed by atoms with Crippen molar-refractivity contribution in [3.63, 3.8) is 0 Å². The molecule has 1 heterocycles. The highest BCUT2D eigenvalue weighted by molar-refractivity contribution is 5.88. The minimum absolute atomic E-state index is 0.0856. The summed E-state index contributed by atoms with van der Waals surface area (Å²) in [7, 11) is 0. The summed E-state index contributed by atoms with van der Waals surface area (Å²) in [4.78, 5) is 38.2. The van der Waals surface area contributed by atoms with Gasteiger partial charge in [-0.05, 0) is 39.5 Å². The number of rotatable bonds is 5. The second-order valence-electron chi connectivity index (χ2n) is 7.44. The highest BCUT2D eigenvalue weighted by atomic mass is 16.4. The van der Waals surface area contributed by atoms with Gasteiger partial charge in [-0.3, -0.25) is 14.4 Å². The first-order valence-corrected chi connectivity index (χ1v) is 8.63. The second-order valence-corrected chi connectivity index (χ2v) is 7.44. The fraction of sp³-hybridized carbons (Fsp3) is 0.824. The number of hydrogen-bond acceptors (Lipinski definition) is 3. The maximum Gasteiger partial charge on any atom is 0.310 e. The van der Waals surface area contributed by atoms with Gasteiger partial charge in [0.2, 0.25) is 11.8 Å². The van der Waals surface area contributed by atoms with E-state index in [0.29, 0.717) is 6.42 Å². The monoisotopic (exact) mass is 324 g/mol. The van der Waals surface area contributed by atoms with E-state index in [1.807, 2.05) is 4.90 Å². The van der Waals surface area contributed by atoms with E-state index in [4.69, 9.17) is 5.11 Å². The third kappa shape index (κ3) is 4.24. The zero-order valence-electron chi connectivity index (χ0n) is 14.1. The van der Waals surface area contributed by atoms with Gasteiger partial charge in [-0.25, -0.2) is 0 Å². The number of amides is 2. The Balaban J connectivity index is 1.98. The summed E-state index contributed by atoms with van der Waals surface area (Å²) in [5.74, 6) is -1.56. The van der Waals surface area contributed by atoms with E-state index in [1.165, 1.54) is 0 Å². The Morgan fingerprint density at radius 3 is 2.17 bits per heavy atom. The van der Waals surface area contributed by atoms with Gasteiger partial charge in [-0.15, -0.1) is 0 Å². The number of aliphatic carboxylic acids is 1. The van der Waals surface area contributed by atoms with Gasteiger partial charge in [-0.2, -0.15) is 0 Å². The van der Waals surface area contributed by atoms with Crippen molar-refractivity contribution in [3.8, 4) is 0 Å². The first-order valence-electron chi connectivity index (χ1n) is 8.63. The van der Waals surface area contributed by atoms with Gasteiger partial charge in [0.05, 0.1) is 5.41 Å². The molecule has 1 aliphatic heterocycles. The summed E-state index contributed by atoms with van der Waals surface area (Å²) in [6.45, 7) is 4.86. The Morgan fingerprint density at radius 2 is 1.61 bits per heavy atom. The number of carboxylic acids is 1. The van der Waals surface area contributed by atoms with Gasteiger partial charge in [0.15, 0.2) is 0 Å². The molecule has 1 saturated carbocycles. The number of carboxylic acid groups (broad SMARTS) is 1. The standard InChI is InChI=1S/C17H28N2O4/c1-17(2,16(22)23)11-18-14(20)12-7-3-4-8-13(12)15(21)19-9-5-6-10-19/h12-13H,3-11H2,1-2H3,(H,18,20)(H,22,23). The maximum absolute atomic E-state index is 12.7. The van der Waals surface area contributed by atoms with Gasteiger partial charge in [-0.1, -0.05) is 12.8 Å². The van der Waals surface area contributed by atoms with Crippen LogP contribution in [0.2, 0.25) is 0 Å². The molecular formula is C17H28N2O4. The van der Waals surface area contributed by atoms with Gasteiger partial charge >= 0.3 is 5.97 Å². The molecule has 0 aromatic heterocycles. The number of hydrogen-bond donors (Lipinski definition) is 2. The average Bonchev–Trinajstić information content (AvgIpc) is 3.06. The predicted octanol–water partition coefficient (Wildman–Crippen LogP) is 1.64. The lowest BCUT2D eigenvalue weighted by Gasteiger charge is -2.33. The average molecular weight is 324 g/mol. The van der Waals surface area contributed by atoms with Gasteiger partial charge in [0, 0.05) is 31.5 Å². The first-order chi connectivity index (χ1) is 10.8. The zero-order valence-corrected chi connectivity index (χ0v) is 14.1. The summed E-state index contributed by atoms with van der Waals surface area (Å²) in [5.41, 5.74) is -1.00. The number of carbonyl (C=O) groups is 3. The normalized spacial score (nSPS) is 25.2. The number of nitrogens with one attached hydrogen (secondary N) is 1. The van der Waals surface area contributed by atoms with Crippen molar-refractivity contribution in [2.24, 2.45) is 17.3 Å². The minimum atomic E-state index is -1.00. The number of likely N-dealkylation sites (tertiary alicyclic amines) is 1. The predicted molar refractivity (Wildman–Crippen MR) is 85.7 cm³/mol. The van der Waals surface area contributed by atoms with Crippen LogP contribution >= 0.6 is 0 Å². The molecule has 0 aromatic carbocycles. The van der Waals surface area contributed by atoms with Crippen LogP contribution in [-0.2, 0) is 14.4 Å². The molecule has 2 fully saturated rings. The number of nitrogens with zero attached hydrogens (tertiary/aromatic N) is 1. The molecular weight excluding hydrogens is 296 g/mol. The minimum Gasteiger partial charge on any atom is -0.481 e. The Morgan fingerprint density at radius 1 is 1.04 bits per heavy atom. The SMILES string of the molecule is CC(C)(CNC(=O)C1CCCCC1C(=O)N1CCCC1)C(=O)O. The van der Waals surface area contributed by atoms with Crippen LogP contribution in [-0.4, -0.2) is 47.4 Å². The third-order valence-corrected chi connectivity index (χ3v) is 5.12. The van der Waals surface area contributed by atoms with E-state index < -0.39 is 11.4 Å². The maximum atomic E-state index is 12.7. The molecule has 2 amide bonds. The largest absolute Gasteiger partial charge is 0.481 e. The zero-order chi connectivity index (χ0) is 17.0. The molecule has 1 aliphatic carbocycles. The van der Waals surface area contributed by atoms with Crippen LogP contribution in [0.4, 0.5) is 0 Å².